The molecule has 0 fully saturated rings. The number of aryl methyl sites for hydroxylation is 1. The normalized spacial score (nSPS) is 11.6. The van der Waals surface area contributed by atoms with Crippen LogP contribution in [0, 0.1) is 24.0 Å². The van der Waals surface area contributed by atoms with Crippen molar-refractivity contribution in [1.82, 2.24) is 0 Å². The maximum atomic E-state index is 13.7. The summed E-state index contributed by atoms with van der Waals surface area (Å²) in [4.78, 5) is 23.2. The van der Waals surface area contributed by atoms with Crippen molar-refractivity contribution in [3.63, 3.8) is 0 Å². The van der Waals surface area contributed by atoms with E-state index in [2.05, 4.69) is 5.32 Å². The van der Waals surface area contributed by atoms with Crippen LogP contribution >= 0.6 is 0 Å². The van der Waals surface area contributed by atoms with Gasteiger partial charge in [-0.3, -0.25) is 19.2 Å². The van der Waals surface area contributed by atoms with E-state index < -0.39 is 44.8 Å². The fraction of sp³-hybridized carbons (Fsp3) is 0.208. The van der Waals surface area contributed by atoms with Crippen LogP contribution in [0.1, 0.15) is 16.7 Å². The van der Waals surface area contributed by atoms with E-state index in [9.17, 15) is 36.5 Å². The van der Waals surface area contributed by atoms with Crippen LogP contribution in [-0.4, -0.2) is 32.9 Å². The molecule has 3 aromatic carbocycles. The van der Waals surface area contributed by atoms with E-state index in [-0.39, 0.29) is 27.6 Å². The number of anilines is 2. The Morgan fingerprint density at radius 2 is 1.76 bits per heavy atom. The first kappa shape index (κ1) is 27.5. The molecule has 0 aliphatic rings. The zero-order valence-corrected chi connectivity index (χ0v) is 20.7. The van der Waals surface area contributed by atoms with E-state index >= 15 is 0 Å². The summed E-state index contributed by atoms with van der Waals surface area (Å²) in [7, 11) is -3.40. The van der Waals surface area contributed by atoms with Crippen molar-refractivity contribution in [1.29, 1.82) is 0 Å². The lowest BCUT2D eigenvalue weighted by Crippen LogP contribution is -2.38. The summed E-state index contributed by atoms with van der Waals surface area (Å²) in [6.45, 7) is 2.08. The zero-order chi connectivity index (χ0) is 27.5. The number of carbonyl (C=O) groups is 1. The van der Waals surface area contributed by atoms with Crippen LogP contribution in [0.2, 0.25) is 0 Å². The molecule has 0 bridgehead atoms. The summed E-state index contributed by atoms with van der Waals surface area (Å²) in [5.74, 6) is -1.01. The van der Waals surface area contributed by atoms with E-state index in [4.69, 9.17) is 4.74 Å². The summed E-state index contributed by atoms with van der Waals surface area (Å²) >= 11 is 0. The molecule has 0 unspecified atom stereocenters. The van der Waals surface area contributed by atoms with E-state index in [1.54, 1.807) is 13.0 Å². The predicted molar refractivity (Wildman–Crippen MR) is 130 cm³/mol. The third-order valence-corrected chi connectivity index (χ3v) is 7.21. The highest BCUT2D eigenvalue weighted by atomic mass is 32.2. The number of halogens is 3. The Kier molecular flexibility index (Phi) is 7.77. The second kappa shape index (κ2) is 10.5. The average molecular weight is 538 g/mol. The largest absolute Gasteiger partial charge is 0.495 e. The van der Waals surface area contributed by atoms with Gasteiger partial charge in [0.2, 0.25) is 5.91 Å². The van der Waals surface area contributed by atoms with Crippen LogP contribution < -0.4 is 14.4 Å². The first-order chi connectivity index (χ1) is 17.3. The minimum Gasteiger partial charge on any atom is -0.495 e. The van der Waals surface area contributed by atoms with Crippen LogP contribution in [0.25, 0.3) is 0 Å². The number of sulfonamides is 1. The number of nitrogens with one attached hydrogen (secondary N) is 1. The molecular weight excluding hydrogens is 515 g/mol. The van der Waals surface area contributed by atoms with Gasteiger partial charge in [0.15, 0.2) is 0 Å². The molecule has 196 valence electrons. The molecule has 3 aromatic rings. The molecule has 0 heterocycles. The molecule has 1 amide bonds. The molecule has 0 spiro atoms. The van der Waals surface area contributed by atoms with Crippen LogP contribution in [0.3, 0.4) is 0 Å². The topological polar surface area (TPSA) is 119 Å². The second-order valence-electron chi connectivity index (χ2n) is 7.97. The van der Waals surface area contributed by atoms with E-state index in [1.807, 2.05) is 0 Å². The fourth-order valence-electron chi connectivity index (χ4n) is 3.53. The lowest BCUT2D eigenvalue weighted by Gasteiger charge is -2.26. The Morgan fingerprint density at radius 1 is 1.08 bits per heavy atom. The molecule has 0 atom stereocenters. The first-order valence-electron chi connectivity index (χ1n) is 10.6. The molecule has 13 heteroatoms. The van der Waals surface area contributed by atoms with E-state index in [0.717, 1.165) is 18.2 Å². The Balaban J connectivity index is 2.10. The third kappa shape index (κ3) is 6.00. The van der Waals surface area contributed by atoms with Crippen molar-refractivity contribution >= 4 is 33.0 Å². The molecule has 9 nitrogen and oxygen atoms in total. The fourth-order valence-corrected chi connectivity index (χ4v) is 5.19. The summed E-state index contributed by atoms with van der Waals surface area (Å²) in [5.41, 5.74) is -1.10. The predicted octanol–water partition coefficient (Wildman–Crippen LogP) is 5.07. The van der Waals surface area contributed by atoms with Gasteiger partial charge in [-0.05, 0) is 55.8 Å². The second-order valence-corrected chi connectivity index (χ2v) is 9.80. The minimum atomic E-state index is -4.77. The average Bonchev–Trinajstić information content (AvgIpc) is 2.83. The summed E-state index contributed by atoms with van der Waals surface area (Å²) < 4.78 is 73.3. The van der Waals surface area contributed by atoms with Gasteiger partial charge in [-0.25, -0.2) is 8.42 Å². The number of amides is 1. The van der Waals surface area contributed by atoms with Crippen molar-refractivity contribution in [3.05, 3.63) is 87.5 Å². The molecule has 37 heavy (non-hydrogen) atoms. The summed E-state index contributed by atoms with van der Waals surface area (Å²) in [6.07, 6.45) is -4.77. The standard InChI is InChI=1S/C24H22F3N3O6S/c1-15-10-11-21(36-3)22(12-15)37(34,35)29(18-7-4-6-17(13-18)24(25,26)27)14-23(31)28-19-8-5-9-20(16(19)2)30(32)33/h4-13H,14H2,1-3H3,(H,28,31). The molecule has 0 aliphatic heterocycles. The number of nitrogens with zero attached hydrogens (tertiary/aromatic N) is 2. The van der Waals surface area contributed by atoms with Crippen molar-refractivity contribution in [2.75, 3.05) is 23.3 Å². The highest BCUT2D eigenvalue weighted by molar-refractivity contribution is 7.93. The number of hydrogen-bond donors (Lipinski definition) is 1. The molecule has 0 aromatic heterocycles. The number of methoxy groups -OCH3 is 1. The lowest BCUT2D eigenvalue weighted by molar-refractivity contribution is -0.385. The van der Waals surface area contributed by atoms with Gasteiger partial charge in [-0.2, -0.15) is 13.2 Å². The van der Waals surface area contributed by atoms with Crippen LogP contribution in [0.15, 0.2) is 65.6 Å². The van der Waals surface area contributed by atoms with Crippen molar-refractivity contribution in [2.24, 2.45) is 0 Å². The van der Waals surface area contributed by atoms with Gasteiger partial charge in [0.05, 0.1) is 34.5 Å². The van der Waals surface area contributed by atoms with Crippen molar-refractivity contribution < 1.29 is 36.0 Å². The number of nitro groups is 1. The molecule has 0 radical (unpaired) electrons. The van der Waals surface area contributed by atoms with Gasteiger partial charge < -0.3 is 10.1 Å². The van der Waals surface area contributed by atoms with Gasteiger partial charge in [0.1, 0.15) is 17.2 Å². The maximum Gasteiger partial charge on any atom is 0.416 e. The van der Waals surface area contributed by atoms with Crippen LogP contribution in [0.4, 0.5) is 30.2 Å². The Morgan fingerprint density at radius 3 is 2.38 bits per heavy atom. The molecule has 1 N–H and O–H groups in total. The maximum absolute atomic E-state index is 13.7. The number of benzene rings is 3. The van der Waals surface area contributed by atoms with Gasteiger partial charge in [-0.15, -0.1) is 0 Å². The Bertz CT molecular complexity index is 1460. The molecule has 0 saturated carbocycles. The summed E-state index contributed by atoms with van der Waals surface area (Å²) in [5, 5.41) is 13.6. The lowest BCUT2D eigenvalue weighted by atomic mass is 10.1. The number of carbonyl (C=O) groups excluding carboxylic acids is 1. The third-order valence-electron chi connectivity index (χ3n) is 5.41. The highest BCUT2D eigenvalue weighted by Gasteiger charge is 2.34. The van der Waals surface area contributed by atoms with E-state index in [0.29, 0.717) is 15.9 Å². The van der Waals surface area contributed by atoms with Gasteiger partial charge in [-0.1, -0.05) is 18.2 Å². The van der Waals surface area contributed by atoms with Gasteiger partial charge in [0, 0.05) is 6.07 Å². The number of nitro benzene ring substituents is 1. The Labute approximate surface area is 210 Å². The number of ether oxygens (including phenoxy) is 1. The number of rotatable bonds is 8. The number of hydrogen-bond acceptors (Lipinski definition) is 6. The minimum absolute atomic E-state index is 0.0497. The summed E-state index contributed by atoms with van der Waals surface area (Å²) in [6, 6.07) is 11.7. The van der Waals surface area contributed by atoms with E-state index in [1.165, 1.54) is 44.4 Å². The SMILES string of the molecule is COc1ccc(C)cc1S(=O)(=O)N(CC(=O)Nc1cccc([N+](=O)[O-])c1C)c1cccc(C(F)(F)F)c1. The monoisotopic (exact) mass is 537 g/mol. The van der Waals surface area contributed by atoms with Crippen molar-refractivity contribution in [2.45, 2.75) is 24.9 Å². The van der Waals surface area contributed by atoms with Crippen LogP contribution in [0.5, 0.6) is 5.75 Å². The molecular formula is C24H22F3N3O6S. The first-order valence-corrected chi connectivity index (χ1v) is 12.1. The smallest absolute Gasteiger partial charge is 0.416 e. The molecule has 0 aliphatic carbocycles. The molecule has 3 rings (SSSR count). The van der Waals surface area contributed by atoms with Crippen molar-refractivity contribution in [3.8, 4) is 5.75 Å². The van der Waals surface area contributed by atoms with Gasteiger partial charge in [0.25, 0.3) is 15.7 Å². The quantitative estimate of drug-likeness (QED) is 0.317. The highest BCUT2D eigenvalue weighted by Crippen LogP contribution is 2.35. The Hall–Kier alpha value is -4.13. The molecule has 0 saturated heterocycles. The number of alkyl halides is 3. The van der Waals surface area contributed by atoms with Gasteiger partial charge >= 0.3 is 6.18 Å². The van der Waals surface area contributed by atoms with Crippen LogP contribution in [-0.2, 0) is 21.0 Å². The zero-order valence-electron chi connectivity index (χ0n) is 19.9.